The molecule has 0 spiro atoms. The number of esters is 1. The summed E-state index contributed by atoms with van der Waals surface area (Å²) in [6.45, 7) is 4.87. The molecule has 3 N–H and O–H groups in total. The van der Waals surface area contributed by atoms with E-state index in [9.17, 15) is 19.8 Å². The molecule has 0 heterocycles. The maximum absolute atomic E-state index is 12.4. The van der Waals surface area contributed by atoms with Crippen LogP contribution < -0.4 is 5.32 Å². The summed E-state index contributed by atoms with van der Waals surface area (Å²) in [5, 5.41) is 23.0. The van der Waals surface area contributed by atoms with E-state index in [2.05, 4.69) is 19.2 Å². The fraction of sp³-hybridized carbons (Fsp3) is 0.920. The standard InChI is InChI=1S/C50H97NO5/c1-3-5-7-9-11-13-15-19-22-26-30-34-38-42-48(53)47(46-52)51-49(54)43-39-35-31-27-23-20-17-18-21-25-29-33-37-41-45-56-50(55)44-40-36-32-28-24-16-14-12-10-8-6-4-2/h38,42,47-48,52-53H,3-37,39-41,43-46H2,1-2H3,(H,51,54)/b42-38+. The van der Waals surface area contributed by atoms with Crippen molar-refractivity contribution in [1.82, 2.24) is 5.32 Å². The number of nitrogens with one attached hydrogen (secondary N) is 1. The number of rotatable bonds is 46. The Morgan fingerprint density at radius 1 is 0.482 bits per heavy atom. The van der Waals surface area contributed by atoms with E-state index in [1.807, 2.05) is 6.08 Å². The largest absolute Gasteiger partial charge is 0.466 e. The molecular weight excluding hydrogens is 695 g/mol. The van der Waals surface area contributed by atoms with E-state index in [4.69, 9.17) is 4.74 Å². The van der Waals surface area contributed by atoms with Gasteiger partial charge in [0.25, 0.3) is 0 Å². The number of unbranched alkanes of at least 4 members (excludes halogenated alkanes) is 35. The molecule has 0 aliphatic rings. The van der Waals surface area contributed by atoms with Gasteiger partial charge in [-0.15, -0.1) is 0 Å². The van der Waals surface area contributed by atoms with Gasteiger partial charge in [-0.1, -0.05) is 238 Å². The molecule has 332 valence electrons. The molecule has 0 bridgehead atoms. The Kier molecular flexibility index (Phi) is 45.1. The van der Waals surface area contributed by atoms with Crippen LogP contribution in [0.4, 0.5) is 0 Å². The number of carbonyl (C=O) groups excluding carboxylic acids is 2. The molecule has 0 fully saturated rings. The van der Waals surface area contributed by atoms with Gasteiger partial charge in [0, 0.05) is 12.8 Å². The maximum Gasteiger partial charge on any atom is 0.305 e. The molecule has 0 saturated carbocycles. The molecule has 6 nitrogen and oxygen atoms in total. The van der Waals surface area contributed by atoms with Crippen molar-refractivity contribution in [3.8, 4) is 0 Å². The first kappa shape index (κ1) is 54.6. The fourth-order valence-electron chi connectivity index (χ4n) is 7.69. The van der Waals surface area contributed by atoms with E-state index in [1.165, 1.54) is 186 Å². The minimum Gasteiger partial charge on any atom is -0.466 e. The van der Waals surface area contributed by atoms with Crippen molar-refractivity contribution in [1.29, 1.82) is 0 Å². The zero-order chi connectivity index (χ0) is 40.8. The third-order valence-electron chi connectivity index (χ3n) is 11.6. The highest BCUT2D eigenvalue weighted by atomic mass is 16.5. The highest BCUT2D eigenvalue weighted by Crippen LogP contribution is 2.16. The fourth-order valence-corrected chi connectivity index (χ4v) is 7.69. The Bertz CT molecular complexity index is 832. The van der Waals surface area contributed by atoms with Crippen LogP contribution in [0, 0.1) is 0 Å². The average Bonchev–Trinajstić information content (AvgIpc) is 3.20. The molecule has 0 aliphatic carbocycles. The van der Waals surface area contributed by atoms with Crippen molar-refractivity contribution in [3.05, 3.63) is 12.2 Å². The van der Waals surface area contributed by atoms with Gasteiger partial charge in [0.1, 0.15) is 0 Å². The zero-order valence-electron chi connectivity index (χ0n) is 37.6. The van der Waals surface area contributed by atoms with Crippen LogP contribution in [0.15, 0.2) is 12.2 Å². The summed E-state index contributed by atoms with van der Waals surface area (Å²) in [4.78, 5) is 24.4. The van der Waals surface area contributed by atoms with E-state index >= 15 is 0 Å². The van der Waals surface area contributed by atoms with Crippen molar-refractivity contribution in [3.63, 3.8) is 0 Å². The van der Waals surface area contributed by atoms with Crippen LogP contribution in [0.2, 0.25) is 0 Å². The van der Waals surface area contributed by atoms with E-state index in [-0.39, 0.29) is 18.5 Å². The smallest absolute Gasteiger partial charge is 0.305 e. The Morgan fingerprint density at radius 2 is 0.821 bits per heavy atom. The number of ether oxygens (including phenoxy) is 1. The second-order valence-corrected chi connectivity index (χ2v) is 17.2. The van der Waals surface area contributed by atoms with Gasteiger partial charge in [-0.25, -0.2) is 0 Å². The predicted octanol–water partition coefficient (Wildman–Crippen LogP) is 14.6. The Hall–Kier alpha value is -1.40. The van der Waals surface area contributed by atoms with Crippen molar-refractivity contribution in [2.45, 2.75) is 283 Å². The molecule has 56 heavy (non-hydrogen) atoms. The molecular formula is C50H97NO5. The second-order valence-electron chi connectivity index (χ2n) is 17.2. The average molecular weight is 792 g/mol. The van der Waals surface area contributed by atoms with Gasteiger partial charge in [0.15, 0.2) is 0 Å². The molecule has 2 atom stereocenters. The Labute approximate surface area is 349 Å². The summed E-state index contributed by atoms with van der Waals surface area (Å²) < 4.78 is 5.45. The van der Waals surface area contributed by atoms with Gasteiger partial charge in [-0.3, -0.25) is 9.59 Å². The minimum absolute atomic E-state index is 0.00289. The minimum atomic E-state index is -0.849. The van der Waals surface area contributed by atoms with E-state index in [0.29, 0.717) is 19.4 Å². The molecule has 0 rings (SSSR count). The van der Waals surface area contributed by atoms with Gasteiger partial charge in [-0.2, -0.15) is 0 Å². The molecule has 6 heteroatoms. The predicted molar refractivity (Wildman–Crippen MR) is 241 cm³/mol. The highest BCUT2D eigenvalue weighted by molar-refractivity contribution is 5.76. The monoisotopic (exact) mass is 792 g/mol. The van der Waals surface area contributed by atoms with Gasteiger partial charge >= 0.3 is 5.97 Å². The molecule has 0 saturated heterocycles. The first-order valence-corrected chi connectivity index (χ1v) is 25.0. The van der Waals surface area contributed by atoms with Crippen LogP contribution in [0.5, 0.6) is 0 Å². The number of aliphatic hydroxyl groups excluding tert-OH is 2. The molecule has 1 amide bonds. The zero-order valence-corrected chi connectivity index (χ0v) is 37.6. The normalized spacial score (nSPS) is 12.7. The summed E-state index contributed by atoms with van der Waals surface area (Å²) in [6.07, 6.45) is 52.0. The number of carbonyl (C=O) groups is 2. The van der Waals surface area contributed by atoms with Crippen LogP contribution in [0.3, 0.4) is 0 Å². The highest BCUT2D eigenvalue weighted by Gasteiger charge is 2.18. The second kappa shape index (κ2) is 46.3. The topological polar surface area (TPSA) is 95.9 Å². The first-order chi connectivity index (χ1) is 27.5. The van der Waals surface area contributed by atoms with Crippen LogP contribution in [0.25, 0.3) is 0 Å². The Morgan fingerprint density at radius 3 is 1.21 bits per heavy atom. The molecule has 2 unspecified atom stereocenters. The van der Waals surface area contributed by atoms with Crippen molar-refractivity contribution in [2.75, 3.05) is 13.2 Å². The van der Waals surface area contributed by atoms with Gasteiger partial charge < -0.3 is 20.3 Å². The lowest BCUT2D eigenvalue weighted by Crippen LogP contribution is -2.45. The molecule has 0 aliphatic heterocycles. The third-order valence-corrected chi connectivity index (χ3v) is 11.6. The van der Waals surface area contributed by atoms with Crippen molar-refractivity contribution < 1.29 is 24.5 Å². The SMILES string of the molecule is CCCCCCCCCCCCC/C=C/C(O)C(CO)NC(=O)CCCCCCCCCCCCCCCCOC(=O)CCCCCCCCCCCCCC. The van der Waals surface area contributed by atoms with E-state index in [0.717, 1.165) is 57.8 Å². The number of amides is 1. The van der Waals surface area contributed by atoms with Gasteiger partial charge in [0.05, 0.1) is 25.4 Å². The van der Waals surface area contributed by atoms with E-state index in [1.54, 1.807) is 6.08 Å². The summed E-state index contributed by atoms with van der Waals surface area (Å²) in [5.41, 5.74) is 0. The summed E-state index contributed by atoms with van der Waals surface area (Å²) >= 11 is 0. The number of allylic oxidation sites excluding steroid dienone is 1. The summed E-state index contributed by atoms with van der Waals surface area (Å²) in [6, 6.07) is -0.633. The summed E-state index contributed by atoms with van der Waals surface area (Å²) in [5.74, 6) is -0.0811. The maximum atomic E-state index is 12.4. The molecule has 0 aromatic rings. The number of aliphatic hydroxyl groups is 2. The van der Waals surface area contributed by atoms with Gasteiger partial charge in [0.2, 0.25) is 5.91 Å². The lowest BCUT2D eigenvalue weighted by Gasteiger charge is -2.20. The van der Waals surface area contributed by atoms with E-state index < -0.39 is 12.1 Å². The van der Waals surface area contributed by atoms with Crippen molar-refractivity contribution in [2.24, 2.45) is 0 Å². The van der Waals surface area contributed by atoms with Crippen LogP contribution in [0.1, 0.15) is 271 Å². The number of hydrogen-bond acceptors (Lipinski definition) is 5. The first-order valence-electron chi connectivity index (χ1n) is 25.0. The number of hydrogen-bond donors (Lipinski definition) is 3. The molecule has 0 aromatic heterocycles. The molecule has 0 radical (unpaired) electrons. The van der Waals surface area contributed by atoms with Crippen LogP contribution in [-0.4, -0.2) is 47.4 Å². The van der Waals surface area contributed by atoms with Gasteiger partial charge in [-0.05, 0) is 32.1 Å². The van der Waals surface area contributed by atoms with Crippen LogP contribution in [-0.2, 0) is 14.3 Å². The van der Waals surface area contributed by atoms with Crippen molar-refractivity contribution >= 4 is 11.9 Å². The quantitative estimate of drug-likeness (QED) is 0.0324. The third kappa shape index (κ3) is 42.2. The van der Waals surface area contributed by atoms with Crippen LogP contribution >= 0.6 is 0 Å². The lowest BCUT2D eigenvalue weighted by atomic mass is 10.0. The Balaban J connectivity index is 3.47. The summed E-state index contributed by atoms with van der Waals surface area (Å²) in [7, 11) is 0. The lowest BCUT2D eigenvalue weighted by molar-refractivity contribution is -0.143. The molecule has 0 aromatic carbocycles.